The average molecular weight is 441 g/mol. The summed E-state index contributed by atoms with van der Waals surface area (Å²) in [6.07, 6.45) is -3.20. The highest BCUT2D eigenvalue weighted by Crippen LogP contribution is 2.31. The molecule has 0 spiro atoms. The summed E-state index contributed by atoms with van der Waals surface area (Å²) in [6.45, 7) is -0.908. The first kappa shape index (κ1) is 22.4. The molecule has 0 heterocycles. The fraction of sp³-hybridized carbons (Fsp3) is 0.412. The van der Waals surface area contributed by atoms with Crippen molar-refractivity contribution in [1.29, 1.82) is 0 Å². The number of carbonyl (C=O) groups excluding carboxylic acids is 2. The van der Waals surface area contributed by atoms with Crippen molar-refractivity contribution in [1.82, 2.24) is 0 Å². The molecule has 6 nitrogen and oxygen atoms in total. The van der Waals surface area contributed by atoms with Crippen molar-refractivity contribution in [3.8, 4) is 0 Å². The normalized spacial score (nSPS) is 16.1. The minimum atomic E-state index is -3.88. The number of ether oxygens (including phenoxy) is 2. The average Bonchev–Trinajstić information content (AvgIpc) is 2.58. The van der Waals surface area contributed by atoms with Gasteiger partial charge in [-0.15, -0.1) is 0 Å². The molecule has 1 atom stereocenters. The lowest BCUT2D eigenvalue weighted by Gasteiger charge is -2.16. The lowest BCUT2D eigenvalue weighted by atomic mass is 10.1. The Morgan fingerprint density at radius 3 is 2.50 bits per heavy atom. The number of carbonyl (C=O) groups is 2. The molecule has 1 aliphatic rings. The molecular weight excluding hydrogens is 425 g/mol. The fourth-order valence-corrected chi connectivity index (χ4v) is 3.77. The third-order valence-corrected chi connectivity index (χ3v) is 5.41. The molecule has 154 valence electrons. The topological polar surface area (TPSA) is 86.7 Å². The van der Waals surface area contributed by atoms with Crippen molar-refractivity contribution >= 4 is 33.2 Å². The Morgan fingerprint density at radius 2 is 1.93 bits per heavy atom. The minimum Gasteiger partial charge on any atom is -0.427 e. The molecule has 1 aliphatic carbocycles. The van der Waals surface area contributed by atoms with Crippen LogP contribution in [0.25, 0.3) is 0 Å². The van der Waals surface area contributed by atoms with Crippen LogP contribution in [0.4, 0.5) is 13.2 Å². The zero-order valence-corrected chi connectivity index (χ0v) is 16.2. The molecule has 0 amide bonds. The molecule has 2 rings (SSSR count). The van der Waals surface area contributed by atoms with Gasteiger partial charge in [-0.25, -0.2) is 26.4 Å². The van der Waals surface area contributed by atoms with Gasteiger partial charge in [0.05, 0.1) is 22.1 Å². The van der Waals surface area contributed by atoms with E-state index in [2.05, 4.69) is 4.74 Å². The summed E-state index contributed by atoms with van der Waals surface area (Å²) in [6, 6.07) is 2.10. The molecule has 1 unspecified atom stereocenters. The van der Waals surface area contributed by atoms with Gasteiger partial charge >= 0.3 is 5.97 Å². The summed E-state index contributed by atoms with van der Waals surface area (Å²) in [7, 11) is -3.88. The predicted molar refractivity (Wildman–Crippen MR) is 92.6 cm³/mol. The lowest BCUT2D eigenvalue weighted by molar-refractivity contribution is -0.135. The Balaban J connectivity index is 2.36. The van der Waals surface area contributed by atoms with Crippen LogP contribution in [0, 0.1) is 0 Å². The molecule has 0 saturated heterocycles. The zero-order valence-electron chi connectivity index (χ0n) is 14.6. The van der Waals surface area contributed by atoms with Gasteiger partial charge in [0.2, 0.25) is 0 Å². The van der Waals surface area contributed by atoms with Gasteiger partial charge in [-0.2, -0.15) is 0 Å². The van der Waals surface area contributed by atoms with Gasteiger partial charge in [-0.1, -0.05) is 11.6 Å². The van der Waals surface area contributed by atoms with E-state index in [0.717, 1.165) is 18.4 Å². The molecule has 1 aromatic carbocycles. The number of halogens is 4. The summed E-state index contributed by atoms with van der Waals surface area (Å²) in [5, 5.41) is -0.433. The SMILES string of the molecule is CS(=O)(=O)c1ccc(C(=O)OC2=CC(=O)CCC2)c(Cl)c1COC(F)C(F)F. The molecule has 0 bridgehead atoms. The van der Waals surface area contributed by atoms with Gasteiger partial charge in [0.15, 0.2) is 15.6 Å². The van der Waals surface area contributed by atoms with Crippen molar-refractivity contribution in [3.05, 3.63) is 40.1 Å². The summed E-state index contributed by atoms with van der Waals surface area (Å²) in [5.41, 5.74) is -0.630. The Labute approximate surface area is 164 Å². The largest absolute Gasteiger partial charge is 0.427 e. The number of esters is 1. The van der Waals surface area contributed by atoms with Crippen LogP contribution in [-0.2, 0) is 30.7 Å². The highest BCUT2D eigenvalue weighted by molar-refractivity contribution is 7.90. The quantitative estimate of drug-likeness (QED) is 0.602. The number of ketones is 1. The molecule has 1 aromatic rings. The Morgan fingerprint density at radius 1 is 1.25 bits per heavy atom. The number of hydrogen-bond acceptors (Lipinski definition) is 6. The molecule has 28 heavy (non-hydrogen) atoms. The summed E-state index contributed by atoms with van der Waals surface area (Å²) in [4.78, 5) is 23.4. The molecule has 0 saturated carbocycles. The monoisotopic (exact) mass is 440 g/mol. The maximum Gasteiger partial charge on any atom is 0.344 e. The molecule has 0 aliphatic heterocycles. The van der Waals surface area contributed by atoms with Crippen molar-refractivity contribution in [2.24, 2.45) is 0 Å². The van der Waals surface area contributed by atoms with E-state index in [9.17, 15) is 31.2 Å². The van der Waals surface area contributed by atoms with Gasteiger partial charge in [-0.3, -0.25) is 4.79 Å². The second kappa shape index (κ2) is 9.06. The lowest BCUT2D eigenvalue weighted by Crippen LogP contribution is -2.18. The third-order valence-electron chi connectivity index (χ3n) is 3.80. The van der Waals surface area contributed by atoms with Gasteiger partial charge < -0.3 is 9.47 Å². The highest BCUT2D eigenvalue weighted by Gasteiger charge is 2.26. The maximum atomic E-state index is 13.1. The van der Waals surface area contributed by atoms with Crippen molar-refractivity contribution < 1.29 is 40.7 Å². The van der Waals surface area contributed by atoms with Crippen LogP contribution >= 0.6 is 11.6 Å². The number of hydrogen-bond donors (Lipinski definition) is 0. The van der Waals surface area contributed by atoms with E-state index in [-0.39, 0.29) is 22.7 Å². The van der Waals surface area contributed by atoms with Crippen LogP contribution in [0.1, 0.15) is 35.2 Å². The molecule has 0 N–H and O–H groups in total. The van der Waals surface area contributed by atoms with E-state index in [1.54, 1.807) is 0 Å². The Kier molecular flexibility index (Phi) is 7.24. The van der Waals surface area contributed by atoms with Gasteiger partial charge in [-0.05, 0) is 18.6 Å². The van der Waals surface area contributed by atoms with E-state index in [1.165, 1.54) is 6.08 Å². The summed E-state index contributed by atoms with van der Waals surface area (Å²) in [5.74, 6) is -1.05. The van der Waals surface area contributed by atoms with Crippen LogP contribution in [0.15, 0.2) is 28.9 Å². The van der Waals surface area contributed by atoms with Crippen molar-refractivity contribution in [2.75, 3.05) is 6.26 Å². The number of sulfone groups is 1. The Hall–Kier alpha value is -1.91. The van der Waals surface area contributed by atoms with Crippen LogP contribution in [0.5, 0.6) is 0 Å². The Bertz CT molecular complexity index is 914. The summed E-state index contributed by atoms with van der Waals surface area (Å²) < 4.78 is 70.9. The maximum absolute atomic E-state index is 13.1. The molecule has 0 fully saturated rings. The standard InChI is InChI=1S/C17H16ClF3O6S/c1-28(24,25)13-6-5-11(14(18)12(13)8-26-16(21)15(19)20)17(23)27-10-4-2-3-9(22)7-10/h5-7,15-16H,2-4,8H2,1H3. The van der Waals surface area contributed by atoms with E-state index in [1.807, 2.05) is 0 Å². The van der Waals surface area contributed by atoms with Crippen LogP contribution in [0.2, 0.25) is 5.02 Å². The van der Waals surface area contributed by atoms with Gasteiger partial charge in [0.25, 0.3) is 12.8 Å². The van der Waals surface area contributed by atoms with Crippen LogP contribution < -0.4 is 0 Å². The minimum absolute atomic E-state index is 0.129. The molecule has 11 heteroatoms. The van der Waals surface area contributed by atoms with Gasteiger partial charge in [0, 0.05) is 30.7 Å². The first-order valence-electron chi connectivity index (χ1n) is 8.01. The van der Waals surface area contributed by atoms with E-state index >= 15 is 0 Å². The number of rotatable bonds is 7. The fourth-order valence-electron chi connectivity index (χ4n) is 2.49. The first-order valence-corrected chi connectivity index (χ1v) is 10.3. The first-order chi connectivity index (χ1) is 13.0. The second-order valence-corrected chi connectivity index (χ2v) is 8.35. The predicted octanol–water partition coefficient (Wildman–Crippen LogP) is 3.61. The summed E-state index contributed by atoms with van der Waals surface area (Å²) >= 11 is 6.08. The molecular formula is C17H16ClF3O6S. The van der Waals surface area contributed by atoms with Crippen molar-refractivity contribution in [2.45, 2.75) is 43.5 Å². The van der Waals surface area contributed by atoms with Crippen molar-refractivity contribution in [3.63, 3.8) is 0 Å². The highest BCUT2D eigenvalue weighted by atomic mass is 35.5. The van der Waals surface area contributed by atoms with Gasteiger partial charge in [0.1, 0.15) is 5.76 Å². The smallest absolute Gasteiger partial charge is 0.344 e. The van der Waals surface area contributed by atoms with Crippen LogP contribution in [0.3, 0.4) is 0 Å². The van der Waals surface area contributed by atoms with E-state index in [4.69, 9.17) is 16.3 Å². The van der Waals surface area contributed by atoms with Crippen LogP contribution in [-0.4, -0.2) is 39.2 Å². The van der Waals surface area contributed by atoms with E-state index in [0.29, 0.717) is 19.3 Å². The van der Waals surface area contributed by atoms with E-state index < -0.39 is 45.1 Å². The number of benzene rings is 1. The number of alkyl halides is 3. The second-order valence-electron chi connectivity index (χ2n) is 5.99. The molecule has 0 aromatic heterocycles. The zero-order chi connectivity index (χ0) is 21.1. The number of allylic oxidation sites excluding steroid dienone is 2. The third kappa shape index (κ3) is 5.55. The molecule has 0 radical (unpaired) electrons.